The summed E-state index contributed by atoms with van der Waals surface area (Å²) in [5, 5.41) is 0.482. The molecule has 0 aliphatic carbocycles. The lowest BCUT2D eigenvalue weighted by Crippen LogP contribution is -2.23. The number of fused-ring (bicyclic) bond motifs is 1. The number of aryl methyl sites for hydroxylation is 1. The summed E-state index contributed by atoms with van der Waals surface area (Å²) in [7, 11) is 1.42. The number of benzene rings is 1. The van der Waals surface area contributed by atoms with Gasteiger partial charge in [0, 0.05) is 29.3 Å². The van der Waals surface area contributed by atoms with E-state index in [1.807, 2.05) is 0 Å². The predicted octanol–water partition coefficient (Wildman–Crippen LogP) is 4.38. The highest BCUT2D eigenvalue weighted by Crippen LogP contribution is 2.38. The molecule has 0 radical (unpaired) electrons. The Morgan fingerprint density at radius 1 is 1.17 bits per heavy atom. The molecule has 23 heavy (non-hydrogen) atoms. The molecular formula is C16H10BrF3N2O. The first kappa shape index (κ1) is 15.7. The molecular weight excluding hydrogens is 373 g/mol. The Morgan fingerprint density at radius 3 is 2.61 bits per heavy atom. The van der Waals surface area contributed by atoms with Gasteiger partial charge in [-0.15, -0.1) is 0 Å². The van der Waals surface area contributed by atoms with Crippen molar-refractivity contribution in [3.8, 4) is 11.1 Å². The van der Waals surface area contributed by atoms with Crippen molar-refractivity contribution in [1.82, 2.24) is 9.55 Å². The van der Waals surface area contributed by atoms with Gasteiger partial charge in [-0.2, -0.15) is 13.2 Å². The molecule has 0 aliphatic rings. The largest absolute Gasteiger partial charge is 0.417 e. The first-order valence-corrected chi connectivity index (χ1v) is 7.40. The molecule has 0 atom stereocenters. The molecule has 0 aliphatic heterocycles. The quantitative estimate of drug-likeness (QED) is 0.625. The van der Waals surface area contributed by atoms with Crippen molar-refractivity contribution in [1.29, 1.82) is 0 Å². The van der Waals surface area contributed by atoms with E-state index in [4.69, 9.17) is 0 Å². The molecule has 0 amide bonds. The zero-order valence-corrected chi connectivity index (χ0v) is 13.4. The summed E-state index contributed by atoms with van der Waals surface area (Å²) in [4.78, 5) is 16.6. The standard InChI is InChI=1S/C16H10BrF3N2O/c1-22-8-6-11(16(18,19)20)13(15(22)23)9-5-7-21-14-10(9)3-2-4-12(14)17/h2-8H,1H3. The minimum absolute atomic E-state index is 0.213. The lowest BCUT2D eigenvalue weighted by atomic mass is 9.98. The third kappa shape index (κ3) is 2.65. The first-order valence-electron chi connectivity index (χ1n) is 6.61. The van der Waals surface area contributed by atoms with Crippen LogP contribution in [0.25, 0.3) is 22.0 Å². The van der Waals surface area contributed by atoms with E-state index in [0.717, 1.165) is 16.8 Å². The number of aromatic nitrogens is 2. The van der Waals surface area contributed by atoms with Gasteiger partial charge in [0.2, 0.25) is 0 Å². The molecule has 0 saturated carbocycles. The average molecular weight is 383 g/mol. The summed E-state index contributed by atoms with van der Waals surface area (Å²) in [6.45, 7) is 0. The lowest BCUT2D eigenvalue weighted by molar-refractivity contribution is -0.137. The lowest BCUT2D eigenvalue weighted by Gasteiger charge is -2.15. The Balaban J connectivity index is 2.47. The number of hydrogen-bond acceptors (Lipinski definition) is 2. The van der Waals surface area contributed by atoms with Crippen molar-refractivity contribution in [2.45, 2.75) is 6.18 Å². The van der Waals surface area contributed by atoms with E-state index in [1.54, 1.807) is 18.2 Å². The predicted molar refractivity (Wildman–Crippen MR) is 85.1 cm³/mol. The van der Waals surface area contributed by atoms with Gasteiger partial charge < -0.3 is 4.57 Å². The number of rotatable bonds is 1. The topological polar surface area (TPSA) is 34.9 Å². The second-order valence-electron chi connectivity index (χ2n) is 5.01. The molecule has 2 aromatic heterocycles. The molecule has 3 rings (SSSR count). The Labute approximate surface area is 137 Å². The maximum absolute atomic E-state index is 13.4. The molecule has 7 heteroatoms. The average Bonchev–Trinajstić information content (AvgIpc) is 2.49. The first-order chi connectivity index (χ1) is 10.8. The van der Waals surface area contributed by atoms with Crippen LogP contribution in [0, 0.1) is 0 Å². The van der Waals surface area contributed by atoms with Gasteiger partial charge in [-0.3, -0.25) is 9.78 Å². The van der Waals surface area contributed by atoms with Crippen LogP contribution in [-0.4, -0.2) is 9.55 Å². The third-order valence-corrected chi connectivity index (χ3v) is 4.20. The molecule has 0 saturated heterocycles. The minimum atomic E-state index is -4.62. The molecule has 0 bridgehead atoms. The Morgan fingerprint density at radius 2 is 1.91 bits per heavy atom. The highest BCUT2D eigenvalue weighted by atomic mass is 79.9. The maximum atomic E-state index is 13.4. The van der Waals surface area contributed by atoms with Crippen molar-refractivity contribution in [3.63, 3.8) is 0 Å². The van der Waals surface area contributed by atoms with Crippen LogP contribution in [0.3, 0.4) is 0 Å². The number of para-hydroxylation sites is 1. The third-order valence-electron chi connectivity index (χ3n) is 3.56. The van der Waals surface area contributed by atoms with Crippen molar-refractivity contribution < 1.29 is 13.2 Å². The van der Waals surface area contributed by atoms with Crippen LogP contribution in [-0.2, 0) is 13.2 Å². The normalized spacial score (nSPS) is 11.9. The summed E-state index contributed by atoms with van der Waals surface area (Å²) >= 11 is 3.33. The van der Waals surface area contributed by atoms with Crippen LogP contribution in [0.15, 0.2) is 52.0 Å². The van der Waals surface area contributed by atoms with Crippen LogP contribution < -0.4 is 5.56 Å². The van der Waals surface area contributed by atoms with Gasteiger partial charge in [-0.25, -0.2) is 0 Å². The van der Waals surface area contributed by atoms with Gasteiger partial charge in [0.05, 0.1) is 16.6 Å². The van der Waals surface area contributed by atoms with Crippen molar-refractivity contribution >= 4 is 26.8 Å². The fraction of sp³-hybridized carbons (Fsp3) is 0.125. The van der Waals surface area contributed by atoms with Gasteiger partial charge in [0.1, 0.15) is 0 Å². The van der Waals surface area contributed by atoms with E-state index in [1.165, 1.54) is 19.3 Å². The summed E-state index contributed by atoms with van der Waals surface area (Å²) in [5.41, 5.74) is -1.30. The monoisotopic (exact) mass is 382 g/mol. The van der Waals surface area contributed by atoms with E-state index >= 15 is 0 Å². The number of alkyl halides is 3. The number of nitrogens with zero attached hydrogens (tertiary/aromatic N) is 2. The van der Waals surface area contributed by atoms with Crippen LogP contribution in [0.5, 0.6) is 0 Å². The van der Waals surface area contributed by atoms with Gasteiger partial charge in [-0.05, 0) is 39.7 Å². The van der Waals surface area contributed by atoms with Crippen LogP contribution in [0.1, 0.15) is 5.56 Å². The molecule has 1 aromatic carbocycles. The van der Waals surface area contributed by atoms with Crippen LogP contribution in [0.2, 0.25) is 0 Å². The summed E-state index contributed by atoms with van der Waals surface area (Å²) in [5.74, 6) is 0. The number of hydrogen-bond donors (Lipinski definition) is 0. The van der Waals surface area contributed by atoms with E-state index in [0.29, 0.717) is 15.4 Å². The van der Waals surface area contributed by atoms with Crippen LogP contribution in [0.4, 0.5) is 13.2 Å². The minimum Gasteiger partial charge on any atom is -0.318 e. The smallest absolute Gasteiger partial charge is 0.318 e. The fourth-order valence-electron chi connectivity index (χ4n) is 2.48. The molecule has 3 nitrogen and oxygen atoms in total. The van der Waals surface area contributed by atoms with Crippen molar-refractivity contribution in [3.05, 3.63) is 63.1 Å². The van der Waals surface area contributed by atoms with Gasteiger partial charge in [0.25, 0.3) is 5.56 Å². The second-order valence-corrected chi connectivity index (χ2v) is 5.87. The Kier molecular flexibility index (Phi) is 3.75. The summed E-state index contributed by atoms with van der Waals surface area (Å²) in [6, 6.07) is 7.43. The van der Waals surface area contributed by atoms with Crippen molar-refractivity contribution in [2.75, 3.05) is 0 Å². The molecule has 0 N–H and O–H groups in total. The SMILES string of the molecule is Cn1ccc(C(F)(F)F)c(-c2ccnc3c(Br)cccc23)c1=O. The van der Waals surface area contributed by atoms with Gasteiger partial charge in [-0.1, -0.05) is 12.1 Å². The van der Waals surface area contributed by atoms with Gasteiger partial charge >= 0.3 is 6.18 Å². The Bertz CT molecular complexity index is 964. The fourth-order valence-corrected chi connectivity index (χ4v) is 2.95. The van der Waals surface area contributed by atoms with E-state index in [9.17, 15) is 18.0 Å². The number of halogens is 4. The van der Waals surface area contributed by atoms with E-state index in [-0.39, 0.29) is 11.1 Å². The molecule has 0 spiro atoms. The highest BCUT2D eigenvalue weighted by Gasteiger charge is 2.35. The molecule has 2 heterocycles. The zero-order chi connectivity index (χ0) is 16.8. The molecule has 0 unspecified atom stereocenters. The van der Waals surface area contributed by atoms with Crippen LogP contribution >= 0.6 is 15.9 Å². The van der Waals surface area contributed by atoms with Gasteiger partial charge in [0.15, 0.2) is 0 Å². The second kappa shape index (κ2) is 5.49. The van der Waals surface area contributed by atoms with E-state index in [2.05, 4.69) is 20.9 Å². The molecule has 0 fully saturated rings. The molecule has 118 valence electrons. The summed E-state index contributed by atoms with van der Waals surface area (Å²) in [6.07, 6.45) is -2.10. The highest BCUT2D eigenvalue weighted by molar-refractivity contribution is 9.10. The maximum Gasteiger partial charge on any atom is 0.417 e. The molecule has 3 aromatic rings. The Hall–Kier alpha value is -2.15. The van der Waals surface area contributed by atoms with Crippen molar-refractivity contribution in [2.24, 2.45) is 7.05 Å². The van der Waals surface area contributed by atoms with E-state index < -0.39 is 17.3 Å². The zero-order valence-electron chi connectivity index (χ0n) is 11.9. The summed E-state index contributed by atoms with van der Waals surface area (Å²) < 4.78 is 41.8. The number of pyridine rings is 2.